The van der Waals surface area contributed by atoms with Gasteiger partial charge in [-0.05, 0) is 70.4 Å². The Kier molecular flexibility index (Phi) is 4.78. The summed E-state index contributed by atoms with van der Waals surface area (Å²) in [7, 11) is 0. The Morgan fingerprint density at radius 2 is 1.08 bits per heavy atom. The highest BCUT2D eigenvalue weighted by atomic mass is 14.8. The molecule has 0 fully saturated rings. The second kappa shape index (κ2) is 8.40. The van der Waals surface area contributed by atoms with Gasteiger partial charge in [0.25, 0.3) is 0 Å². The van der Waals surface area contributed by atoms with Gasteiger partial charge in [0.15, 0.2) is 0 Å². The zero-order valence-electron chi connectivity index (χ0n) is 19.5. The molecule has 0 unspecified atom stereocenters. The summed E-state index contributed by atoms with van der Waals surface area (Å²) in [6.45, 7) is 0. The Labute approximate surface area is 208 Å². The predicted octanol–water partition coefficient (Wildman–Crippen LogP) is 8.33. The number of rotatable bonds is 3. The standard InChI is InChI=1S/C33H21N3/c1-2-8-27-22(6-1)7-5-9-28(27)31-17-13-25-20-23(11-15-29(25)35-31)24-12-16-30-26(21-24)14-18-33(36-30)32-10-3-4-19-34-32/h1-21H. The van der Waals surface area contributed by atoms with Crippen molar-refractivity contribution in [1.82, 2.24) is 15.0 Å². The van der Waals surface area contributed by atoms with Gasteiger partial charge < -0.3 is 0 Å². The largest absolute Gasteiger partial charge is 0.255 e. The molecule has 3 nitrogen and oxygen atoms in total. The van der Waals surface area contributed by atoms with Crippen molar-refractivity contribution in [2.45, 2.75) is 0 Å². The molecular weight excluding hydrogens is 438 g/mol. The van der Waals surface area contributed by atoms with Crippen LogP contribution in [-0.4, -0.2) is 15.0 Å². The average Bonchev–Trinajstić information content (AvgIpc) is 2.96. The van der Waals surface area contributed by atoms with Crippen molar-refractivity contribution in [3.63, 3.8) is 0 Å². The quantitative estimate of drug-likeness (QED) is 0.267. The van der Waals surface area contributed by atoms with Crippen LogP contribution >= 0.6 is 0 Å². The topological polar surface area (TPSA) is 38.7 Å². The van der Waals surface area contributed by atoms with Crippen LogP contribution in [0.2, 0.25) is 0 Å². The lowest BCUT2D eigenvalue weighted by Gasteiger charge is -2.09. The van der Waals surface area contributed by atoms with E-state index in [1.807, 2.05) is 24.3 Å². The first-order chi connectivity index (χ1) is 17.8. The summed E-state index contributed by atoms with van der Waals surface area (Å²) in [6, 6.07) is 42.1. The minimum absolute atomic E-state index is 0.883. The highest BCUT2D eigenvalue weighted by Crippen LogP contribution is 2.31. The van der Waals surface area contributed by atoms with E-state index in [1.54, 1.807) is 6.20 Å². The number of fused-ring (bicyclic) bond motifs is 3. The molecule has 3 heterocycles. The molecule has 0 aliphatic rings. The zero-order valence-corrected chi connectivity index (χ0v) is 19.5. The highest BCUT2D eigenvalue weighted by molar-refractivity contribution is 5.97. The maximum atomic E-state index is 5.00. The molecule has 0 saturated carbocycles. The number of nitrogens with zero attached hydrogens (tertiary/aromatic N) is 3. The van der Waals surface area contributed by atoms with Crippen molar-refractivity contribution in [3.05, 3.63) is 128 Å². The Morgan fingerprint density at radius 3 is 1.83 bits per heavy atom. The van der Waals surface area contributed by atoms with Gasteiger partial charge in [-0.1, -0.05) is 72.8 Å². The summed E-state index contributed by atoms with van der Waals surface area (Å²) in [5.41, 5.74) is 8.20. The van der Waals surface area contributed by atoms with E-state index in [2.05, 4.69) is 102 Å². The molecule has 4 aromatic carbocycles. The molecule has 168 valence electrons. The van der Waals surface area contributed by atoms with Crippen LogP contribution in [0.1, 0.15) is 0 Å². The van der Waals surface area contributed by atoms with Gasteiger partial charge in [-0.25, -0.2) is 9.97 Å². The molecule has 3 heteroatoms. The van der Waals surface area contributed by atoms with E-state index in [4.69, 9.17) is 9.97 Å². The van der Waals surface area contributed by atoms with Gasteiger partial charge in [-0.2, -0.15) is 0 Å². The minimum atomic E-state index is 0.883. The van der Waals surface area contributed by atoms with E-state index in [0.717, 1.165) is 55.6 Å². The Bertz CT molecular complexity index is 1890. The molecule has 0 atom stereocenters. The molecule has 0 aliphatic carbocycles. The van der Waals surface area contributed by atoms with Crippen LogP contribution in [0.3, 0.4) is 0 Å². The number of aromatic nitrogens is 3. The summed E-state index contributed by atoms with van der Waals surface area (Å²) < 4.78 is 0. The van der Waals surface area contributed by atoms with E-state index >= 15 is 0 Å². The van der Waals surface area contributed by atoms with Crippen LogP contribution in [0.4, 0.5) is 0 Å². The molecule has 7 rings (SSSR count). The van der Waals surface area contributed by atoms with Crippen LogP contribution in [0.25, 0.3) is 66.4 Å². The Balaban J connectivity index is 1.25. The van der Waals surface area contributed by atoms with Crippen LogP contribution < -0.4 is 0 Å². The smallest absolute Gasteiger partial charge is 0.0893 e. The fourth-order valence-electron chi connectivity index (χ4n) is 4.87. The summed E-state index contributed by atoms with van der Waals surface area (Å²) >= 11 is 0. The molecule has 0 saturated heterocycles. The van der Waals surface area contributed by atoms with Crippen molar-refractivity contribution < 1.29 is 0 Å². The molecule has 7 aromatic rings. The molecule has 0 radical (unpaired) electrons. The first-order valence-electron chi connectivity index (χ1n) is 12.0. The third kappa shape index (κ3) is 3.58. The van der Waals surface area contributed by atoms with E-state index in [-0.39, 0.29) is 0 Å². The predicted molar refractivity (Wildman–Crippen MR) is 149 cm³/mol. The summed E-state index contributed by atoms with van der Waals surface area (Å²) in [4.78, 5) is 14.2. The maximum Gasteiger partial charge on any atom is 0.0893 e. The van der Waals surface area contributed by atoms with Crippen molar-refractivity contribution in [2.24, 2.45) is 0 Å². The van der Waals surface area contributed by atoms with Crippen molar-refractivity contribution in [2.75, 3.05) is 0 Å². The Morgan fingerprint density at radius 1 is 0.417 bits per heavy atom. The van der Waals surface area contributed by atoms with E-state index in [0.29, 0.717) is 0 Å². The summed E-state index contributed by atoms with van der Waals surface area (Å²) in [5, 5.41) is 4.68. The molecule has 0 amide bonds. The fraction of sp³-hybridized carbons (Fsp3) is 0. The Hall–Kier alpha value is -4.89. The van der Waals surface area contributed by atoms with E-state index in [9.17, 15) is 0 Å². The van der Waals surface area contributed by atoms with E-state index in [1.165, 1.54) is 10.8 Å². The van der Waals surface area contributed by atoms with Gasteiger partial charge in [0.1, 0.15) is 0 Å². The van der Waals surface area contributed by atoms with Gasteiger partial charge in [-0.15, -0.1) is 0 Å². The SMILES string of the molecule is c1ccc(-c2ccc3cc(-c4ccc5nc(-c6cccc7ccccc67)ccc5c4)ccc3n2)nc1. The lowest BCUT2D eigenvalue weighted by Crippen LogP contribution is -1.89. The van der Waals surface area contributed by atoms with Gasteiger partial charge in [0.05, 0.1) is 28.1 Å². The number of pyridine rings is 3. The van der Waals surface area contributed by atoms with Gasteiger partial charge >= 0.3 is 0 Å². The number of hydrogen-bond donors (Lipinski definition) is 0. The van der Waals surface area contributed by atoms with Gasteiger partial charge in [0.2, 0.25) is 0 Å². The third-order valence-corrected chi connectivity index (χ3v) is 6.70. The van der Waals surface area contributed by atoms with Crippen molar-refractivity contribution in [3.8, 4) is 33.8 Å². The average molecular weight is 460 g/mol. The highest BCUT2D eigenvalue weighted by Gasteiger charge is 2.08. The molecule has 36 heavy (non-hydrogen) atoms. The van der Waals surface area contributed by atoms with E-state index < -0.39 is 0 Å². The van der Waals surface area contributed by atoms with Gasteiger partial charge in [-0.3, -0.25) is 4.98 Å². The summed E-state index contributed by atoms with van der Waals surface area (Å²) in [6.07, 6.45) is 1.80. The monoisotopic (exact) mass is 459 g/mol. The molecular formula is C33H21N3. The van der Waals surface area contributed by atoms with Crippen molar-refractivity contribution in [1.29, 1.82) is 0 Å². The first-order valence-corrected chi connectivity index (χ1v) is 12.0. The summed E-state index contributed by atoms with van der Waals surface area (Å²) in [5.74, 6) is 0. The lowest BCUT2D eigenvalue weighted by molar-refractivity contribution is 1.28. The third-order valence-electron chi connectivity index (χ3n) is 6.70. The van der Waals surface area contributed by atoms with Crippen LogP contribution in [0, 0.1) is 0 Å². The number of benzene rings is 4. The van der Waals surface area contributed by atoms with Crippen molar-refractivity contribution >= 4 is 32.6 Å². The fourth-order valence-corrected chi connectivity index (χ4v) is 4.87. The second-order valence-electron chi connectivity index (χ2n) is 8.95. The van der Waals surface area contributed by atoms with Crippen LogP contribution in [-0.2, 0) is 0 Å². The first kappa shape index (κ1) is 20.5. The number of hydrogen-bond acceptors (Lipinski definition) is 3. The molecule has 3 aromatic heterocycles. The second-order valence-corrected chi connectivity index (χ2v) is 8.95. The van der Waals surface area contributed by atoms with Crippen LogP contribution in [0.15, 0.2) is 128 Å². The molecule has 0 aliphatic heterocycles. The molecule has 0 spiro atoms. The molecule has 0 N–H and O–H groups in total. The van der Waals surface area contributed by atoms with Crippen LogP contribution in [0.5, 0.6) is 0 Å². The lowest BCUT2D eigenvalue weighted by atomic mass is 9.99. The van der Waals surface area contributed by atoms with Gasteiger partial charge in [0, 0.05) is 22.5 Å². The normalized spacial score (nSPS) is 11.3. The molecule has 0 bridgehead atoms. The minimum Gasteiger partial charge on any atom is -0.255 e. The maximum absolute atomic E-state index is 5.00. The zero-order chi connectivity index (χ0) is 23.9.